The summed E-state index contributed by atoms with van der Waals surface area (Å²) in [5.74, 6) is -0.394. The second kappa shape index (κ2) is 3.99. The van der Waals surface area contributed by atoms with E-state index >= 15 is 0 Å². The summed E-state index contributed by atoms with van der Waals surface area (Å²) in [4.78, 5) is 13.3. The second-order valence-corrected chi connectivity index (χ2v) is 4.77. The lowest BCUT2D eigenvalue weighted by Gasteiger charge is -2.03. The standard InChI is InChI=1S/C6H6ClN3O4S/c1-15(13,14)9-6-4(10(11)12)2-3-5(7)8-6/h2-3H,1H3,(H,8,9). The summed E-state index contributed by atoms with van der Waals surface area (Å²) in [6.45, 7) is 0. The molecule has 7 nitrogen and oxygen atoms in total. The Labute approximate surface area is 90.3 Å². The highest BCUT2D eigenvalue weighted by Gasteiger charge is 2.18. The van der Waals surface area contributed by atoms with Crippen molar-refractivity contribution in [2.24, 2.45) is 0 Å². The van der Waals surface area contributed by atoms with Crippen molar-refractivity contribution >= 4 is 33.1 Å². The molecule has 0 spiro atoms. The molecule has 0 aliphatic rings. The summed E-state index contributed by atoms with van der Waals surface area (Å²) in [5.41, 5.74) is -0.454. The first-order valence-electron chi connectivity index (χ1n) is 3.58. The summed E-state index contributed by atoms with van der Waals surface area (Å²) in [6.07, 6.45) is 0.860. The van der Waals surface area contributed by atoms with Crippen LogP contribution >= 0.6 is 11.6 Å². The Morgan fingerprint density at radius 2 is 2.13 bits per heavy atom. The average molecular weight is 252 g/mol. The minimum Gasteiger partial charge on any atom is -0.262 e. The average Bonchev–Trinajstić information content (AvgIpc) is 1.99. The molecule has 1 heterocycles. The molecular formula is C6H6ClN3O4S. The molecule has 0 unspecified atom stereocenters. The molecule has 0 saturated carbocycles. The number of anilines is 1. The molecule has 0 atom stereocenters. The SMILES string of the molecule is CS(=O)(=O)Nc1nc(Cl)ccc1[N+](=O)[O-]. The Bertz CT molecular complexity index is 501. The van der Waals surface area contributed by atoms with Gasteiger partial charge in [-0.05, 0) is 6.07 Å². The van der Waals surface area contributed by atoms with E-state index < -0.39 is 26.5 Å². The fraction of sp³-hybridized carbons (Fsp3) is 0.167. The second-order valence-electron chi connectivity index (χ2n) is 2.63. The molecule has 0 amide bonds. The van der Waals surface area contributed by atoms with E-state index in [1.54, 1.807) is 0 Å². The van der Waals surface area contributed by atoms with Gasteiger partial charge in [-0.3, -0.25) is 14.8 Å². The van der Waals surface area contributed by atoms with Gasteiger partial charge in [0.2, 0.25) is 15.8 Å². The molecule has 0 aliphatic carbocycles. The number of hydrogen-bond acceptors (Lipinski definition) is 5. The number of nitrogens with zero attached hydrogens (tertiary/aromatic N) is 2. The van der Waals surface area contributed by atoms with Crippen LogP contribution in [-0.4, -0.2) is 24.6 Å². The van der Waals surface area contributed by atoms with Crippen LogP contribution in [0.15, 0.2) is 12.1 Å². The maximum atomic E-state index is 10.9. The summed E-state index contributed by atoms with van der Waals surface area (Å²) >= 11 is 5.48. The Morgan fingerprint density at radius 3 is 2.60 bits per heavy atom. The number of aromatic nitrogens is 1. The number of halogens is 1. The number of pyridine rings is 1. The van der Waals surface area contributed by atoms with E-state index in [1.165, 1.54) is 6.07 Å². The van der Waals surface area contributed by atoms with Crippen LogP contribution in [-0.2, 0) is 10.0 Å². The summed E-state index contributed by atoms with van der Waals surface area (Å²) in [5, 5.41) is 10.5. The van der Waals surface area contributed by atoms with Gasteiger partial charge in [0.05, 0.1) is 11.2 Å². The normalized spacial score (nSPS) is 11.1. The molecule has 0 aromatic carbocycles. The molecule has 1 aromatic rings. The van der Waals surface area contributed by atoms with Gasteiger partial charge in [-0.25, -0.2) is 13.4 Å². The molecule has 1 rings (SSSR count). The summed E-state index contributed by atoms with van der Waals surface area (Å²) < 4.78 is 23.6. The molecule has 82 valence electrons. The molecule has 0 radical (unpaired) electrons. The van der Waals surface area contributed by atoms with Crippen molar-refractivity contribution in [3.8, 4) is 0 Å². The van der Waals surface area contributed by atoms with Crippen molar-refractivity contribution in [3.05, 3.63) is 27.4 Å². The Hall–Kier alpha value is -1.41. The fourth-order valence-electron chi connectivity index (χ4n) is 0.826. The zero-order valence-corrected chi connectivity index (χ0v) is 9.04. The number of nitro groups is 1. The van der Waals surface area contributed by atoms with Gasteiger partial charge in [0.25, 0.3) is 0 Å². The lowest BCUT2D eigenvalue weighted by molar-refractivity contribution is -0.384. The van der Waals surface area contributed by atoms with Crippen LogP contribution < -0.4 is 4.72 Å². The van der Waals surface area contributed by atoms with E-state index in [1.807, 2.05) is 4.72 Å². The van der Waals surface area contributed by atoms with E-state index in [4.69, 9.17) is 11.6 Å². The Morgan fingerprint density at radius 1 is 1.53 bits per heavy atom. The minimum atomic E-state index is -3.63. The molecule has 0 bridgehead atoms. The van der Waals surface area contributed by atoms with Gasteiger partial charge in [0.15, 0.2) is 0 Å². The Kier molecular flexibility index (Phi) is 3.10. The van der Waals surface area contributed by atoms with Gasteiger partial charge in [0, 0.05) is 6.07 Å². The van der Waals surface area contributed by atoms with Crippen molar-refractivity contribution < 1.29 is 13.3 Å². The zero-order valence-electron chi connectivity index (χ0n) is 7.47. The predicted molar refractivity (Wildman–Crippen MR) is 54.4 cm³/mol. The lowest BCUT2D eigenvalue weighted by atomic mass is 10.4. The quantitative estimate of drug-likeness (QED) is 0.491. The van der Waals surface area contributed by atoms with Gasteiger partial charge in [-0.2, -0.15) is 0 Å². The van der Waals surface area contributed by atoms with Crippen LogP contribution in [0.25, 0.3) is 0 Å². The number of sulfonamides is 1. The smallest absolute Gasteiger partial charge is 0.262 e. The van der Waals surface area contributed by atoms with Gasteiger partial charge in [0.1, 0.15) is 5.15 Å². The number of rotatable bonds is 3. The van der Waals surface area contributed by atoms with Crippen LogP contribution in [0.5, 0.6) is 0 Å². The maximum Gasteiger partial charge on any atom is 0.312 e. The van der Waals surface area contributed by atoms with Crippen molar-refractivity contribution in [1.29, 1.82) is 0 Å². The third-order valence-corrected chi connectivity index (χ3v) is 2.09. The molecule has 15 heavy (non-hydrogen) atoms. The molecule has 1 aromatic heterocycles. The number of nitrogens with one attached hydrogen (secondary N) is 1. The van der Waals surface area contributed by atoms with Gasteiger partial charge in [-0.1, -0.05) is 11.6 Å². The van der Waals surface area contributed by atoms with Crippen LogP contribution in [0.3, 0.4) is 0 Å². The van der Waals surface area contributed by atoms with Crippen molar-refractivity contribution in [1.82, 2.24) is 4.98 Å². The van der Waals surface area contributed by atoms with Gasteiger partial charge < -0.3 is 0 Å². The molecule has 0 aliphatic heterocycles. The molecule has 1 N–H and O–H groups in total. The lowest BCUT2D eigenvalue weighted by Crippen LogP contribution is -2.12. The van der Waals surface area contributed by atoms with E-state index in [2.05, 4.69) is 4.98 Å². The van der Waals surface area contributed by atoms with Crippen molar-refractivity contribution in [2.75, 3.05) is 11.0 Å². The predicted octanol–water partition coefficient (Wildman–Crippen LogP) is 1.01. The molecule has 9 heteroatoms. The van der Waals surface area contributed by atoms with Crippen LogP contribution in [0.4, 0.5) is 11.5 Å². The van der Waals surface area contributed by atoms with Crippen LogP contribution in [0, 0.1) is 10.1 Å². The summed E-state index contributed by atoms with van der Waals surface area (Å²) in [7, 11) is -3.63. The maximum absolute atomic E-state index is 10.9. The molecular weight excluding hydrogens is 246 g/mol. The highest BCUT2D eigenvalue weighted by molar-refractivity contribution is 7.92. The van der Waals surface area contributed by atoms with E-state index in [-0.39, 0.29) is 5.15 Å². The first-order valence-corrected chi connectivity index (χ1v) is 5.85. The van der Waals surface area contributed by atoms with Crippen molar-refractivity contribution in [3.63, 3.8) is 0 Å². The highest BCUT2D eigenvalue weighted by atomic mass is 35.5. The van der Waals surface area contributed by atoms with Gasteiger partial charge in [-0.15, -0.1) is 0 Å². The third kappa shape index (κ3) is 3.33. The van der Waals surface area contributed by atoms with Crippen LogP contribution in [0.1, 0.15) is 0 Å². The fourth-order valence-corrected chi connectivity index (χ4v) is 1.47. The topological polar surface area (TPSA) is 102 Å². The summed E-state index contributed by atoms with van der Waals surface area (Å²) in [6, 6.07) is 2.27. The van der Waals surface area contributed by atoms with Crippen LogP contribution in [0.2, 0.25) is 5.15 Å². The van der Waals surface area contributed by atoms with Crippen molar-refractivity contribution in [2.45, 2.75) is 0 Å². The Balaban J connectivity index is 3.25. The minimum absolute atomic E-state index is 0.0354. The number of hydrogen-bond donors (Lipinski definition) is 1. The van der Waals surface area contributed by atoms with E-state index in [0.29, 0.717) is 0 Å². The van der Waals surface area contributed by atoms with E-state index in [0.717, 1.165) is 12.3 Å². The highest BCUT2D eigenvalue weighted by Crippen LogP contribution is 2.24. The largest absolute Gasteiger partial charge is 0.312 e. The third-order valence-electron chi connectivity index (χ3n) is 1.32. The van der Waals surface area contributed by atoms with Gasteiger partial charge >= 0.3 is 5.69 Å². The first-order chi connectivity index (χ1) is 6.79. The monoisotopic (exact) mass is 251 g/mol. The van der Waals surface area contributed by atoms with E-state index in [9.17, 15) is 18.5 Å². The molecule has 0 saturated heterocycles. The zero-order chi connectivity index (χ0) is 11.6. The molecule has 0 fully saturated rings. The first kappa shape index (κ1) is 11.7.